The molecule has 0 fully saturated rings. The van der Waals surface area contributed by atoms with Gasteiger partial charge in [-0.2, -0.15) is 5.26 Å². The Kier molecular flexibility index (Phi) is 6.03. The van der Waals surface area contributed by atoms with Crippen molar-refractivity contribution < 1.29 is 16.8 Å². The minimum absolute atomic E-state index is 0.0173. The molecule has 30 heavy (non-hydrogen) atoms. The van der Waals surface area contributed by atoms with Gasteiger partial charge in [-0.3, -0.25) is 9.44 Å². The van der Waals surface area contributed by atoms with Crippen molar-refractivity contribution in [2.75, 3.05) is 9.44 Å². The van der Waals surface area contributed by atoms with Crippen LogP contribution in [0.1, 0.15) is 11.1 Å². The first-order valence-electron chi connectivity index (χ1n) is 8.53. The molecule has 0 atom stereocenters. The molecule has 0 radical (unpaired) electrons. The van der Waals surface area contributed by atoms with Crippen LogP contribution in [0.5, 0.6) is 0 Å². The largest absolute Gasteiger partial charge is 0.280 e. The van der Waals surface area contributed by atoms with Crippen molar-refractivity contribution in [3.05, 3.63) is 82.9 Å². The lowest BCUT2D eigenvalue weighted by atomic mass is 10.2. The molecule has 0 heterocycles. The van der Waals surface area contributed by atoms with E-state index >= 15 is 0 Å². The van der Waals surface area contributed by atoms with Gasteiger partial charge in [-0.1, -0.05) is 17.7 Å². The van der Waals surface area contributed by atoms with Gasteiger partial charge in [0.1, 0.15) is 0 Å². The van der Waals surface area contributed by atoms with Gasteiger partial charge >= 0.3 is 0 Å². The molecule has 0 aliphatic carbocycles. The number of anilines is 2. The Labute approximate surface area is 180 Å². The summed E-state index contributed by atoms with van der Waals surface area (Å²) in [5.41, 5.74) is 1.48. The number of benzene rings is 3. The van der Waals surface area contributed by atoms with E-state index in [-0.39, 0.29) is 15.5 Å². The summed E-state index contributed by atoms with van der Waals surface area (Å²) in [7, 11) is -7.77. The third kappa shape index (κ3) is 4.74. The fourth-order valence-corrected chi connectivity index (χ4v) is 4.90. The minimum atomic E-state index is -3.89. The Balaban J connectivity index is 1.80. The molecule has 0 amide bonds. The van der Waals surface area contributed by atoms with E-state index in [9.17, 15) is 16.8 Å². The van der Waals surface area contributed by atoms with Crippen molar-refractivity contribution in [3.8, 4) is 6.07 Å². The quantitative estimate of drug-likeness (QED) is 0.572. The minimum Gasteiger partial charge on any atom is -0.280 e. The number of rotatable bonds is 6. The van der Waals surface area contributed by atoms with E-state index in [0.717, 1.165) is 0 Å². The lowest BCUT2D eigenvalue weighted by Crippen LogP contribution is -2.15. The summed E-state index contributed by atoms with van der Waals surface area (Å²) in [6.45, 7) is 1.70. The Bertz CT molecular complexity index is 1330. The zero-order valence-corrected chi connectivity index (χ0v) is 18.0. The van der Waals surface area contributed by atoms with Gasteiger partial charge in [0, 0.05) is 10.7 Å². The van der Waals surface area contributed by atoms with Crippen LogP contribution in [0, 0.1) is 18.3 Å². The maximum atomic E-state index is 12.6. The van der Waals surface area contributed by atoms with Crippen molar-refractivity contribution in [1.29, 1.82) is 5.26 Å². The number of hydrogen-bond acceptors (Lipinski definition) is 5. The summed E-state index contributed by atoms with van der Waals surface area (Å²) < 4.78 is 55.0. The van der Waals surface area contributed by atoms with Crippen LogP contribution in [0.3, 0.4) is 0 Å². The van der Waals surface area contributed by atoms with Crippen LogP contribution in [0.2, 0.25) is 5.02 Å². The molecular formula is C20H16ClN3O4S2. The molecule has 0 bridgehead atoms. The Morgan fingerprint density at radius 3 is 1.90 bits per heavy atom. The third-order valence-electron chi connectivity index (χ3n) is 4.22. The zero-order chi connectivity index (χ0) is 21.9. The third-order valence-corrected chi connectivity index (χ3v) is 7.41. The van der Waals surface area contributed by atoms with Crippen molar-refractivity contribution in [2.24, 2.45) is 0 Å². The van der Waals surface area contributed by atoms with Gasteiger partial charge in [-0.15, -0.1) is 0 Å². The molecule has 0 saturated carbocycles. The van der Waals surface area contributed by atoms with Gasteiger partial charge < -0.3 is 0 Å². The molecule has 0 aliphatic rings. The molecule has 0 aromatic heterocycles. The van der Waals surface area contributed by atoms with Gasteiger partial charge in [0.2, 0.25) is 0 Å². The smallest absolute Gasteiger partial charge is 0.261 e. The average Bonchev–Trinajstić information content (AvgIpc) is 2.71. The van der Waals surface area contributed by atoms with Crippen molar-refractivity contribution >= 4 is 43.0 Å². The van der Waals surface area contributed by atoms with E-state index in [2.05, 4.69) is 9.44 Å². The first-order valence-corrected chi connectivity index (χ1v) is 11.9. The van der Waals surface area contributed by atoms with E-state index in [0.29, 0.717) is 21.8 Å². The second-order valence-corrected chi connectivity index (χ2v) is 10.1. The molecule has 0 aliphatic heterocycles. The molecule has 154 valence electrons. The lowest BCUT2D eigenvalue weighted by molar-refractivity contribution is 0.600. The van der Waals surface area contributed by atoms with Crippen molar-refractivity contribution in [3.63, 3.8) is 0 Å². The van der Waals surface area contributed by atoms with Gasteiger partial charge in [0.05, 0.1) is 27.1 Å². The summed E-state index contributed by atoms with van der Waals surface area (Å²) in [5.74, 6) is 0. The SMILES string of the molecule is Cc1c(Cl)cccc1NS(=O)(=O)c1ccc(NS(=O)(=O)c2ccc(C#N)cc2)cc1. The van der Waals surface area contributed by atoms with Crippen LogP contribution >= 0.6 is 11.6 Å². The second kappa shape index (κ2) is 8.36. The molecule has 0 saturated heterocycles. The zero-order valence-electron chi connectivity index (χ0n) is 15.6. The van der Waals surface area contributed by atoms with Gasteiger partial charge in [-0.25, -0.2) is 16.8 Å². The van der Waals surface area contributed by atoms with E-state index in [4.69, 9.17) is 16.9 Å². The fraction of sp³-hybridized carbons (Fsp3) is 0.0500. The predicted molar refractivity (Wildman–Crippen MR) is 115 cm³/mol. The highest BCUT2D eigenvalue weighted by molar-refractivity contribution is 7.93. The van der Waals surface area contributed by atoms with Crippen molar-refractivity contribution in [1.82, 2.24) is 0 Å². The first kappa shape index (κ1) is 21.6. The van der Waals surface area contributed by atoms with Gasteiger partial charge in [-0.05, 0) is 73.2 Å². The van der Waals surface area contributed by atoms with Gasteiger partial charge in [0.15, 0.2) is 0 Å². The molecule has 3 aromatic carbocycles. The van der Waals surface area contributed by atoms with Crippen LogP contribution in [0.4, 0.5) is 11.4 Å². The second-order valence-electron chi connectivity index (χ2n) is 6.28. The van der Waals surface area contributed by atoms with Crippen LogP contribution < -0.4 is 9.44 Å². The summed E-state index contributed by atoms with van der Waals surface area (Å²) >= 11 is 6.02. The number of nitriles is 1. The number of halogens is 1. The van der Waals surface area contributed by atoms with Crippen LogP contribution in [-0.4, -0.2) is 16.8 Å². The Morgan fingerprint density at radius 1 is 0.800 bits per heavy atom. The summed E-state index contributed by atoms with van der Waals surface area (Å²) in [6, 6.07) is 17.5. The van der Waals surface area contributed by atoms with Crippen LogP contribution in [0.25, 0.3) is 0 Å². The molecular weight excluding hydrogens is 446 g/mol. The fourth-order valence-electron chi connectivity index (χ4n) is 2.55. The number of sulfonamides is 2. The molecule has 10 heteroatoms. The van der Waals surface area contributed by atoms with E-state index in [1.165, 1.54) is 48.5 Å². The maximum Gasteiger partial charge on any atom is 0.261 e. The monoisotopic (exact) mass is 461 g/mol. The highest BCUT2D eigenvalue weighted by atomic mass is 35.5. The molecule has 0 spiro atoms. The van der Waals surface area contributed by atoms with E-state index in [1.807, 2.05) is 6.07 Å². The molecule has 7 nitrogen and oxygen atoms in total. The maximum absolute atomic E-state index is 12.6. The normalized spacial score (nSPS) is 11.5. The molecule has 3 aromatic rings. The molecule has 2 N–H and O–H groups in total. The predicted octanol–water partition coefficient (Wildman–Crippen LogP) is 4.12. The average molecular weight is 462 g/mol. The van der Waals surface area contributed by atoms with Crippen molar-refractivity contribution in [2.45, 2.75) is 16.7 Å². The number of nitrogens with one attached hydrogen (secondary N) is 2. The highest BCUT2D eigenvalue weighted by Crippen LogP contribution is 2.26. The Hall–Kier alpha value is -3.06. The van der Waals surface area contributed by atoms with Crippen LogP contribution in [-0.2, 0) is 20.0 Å². The highest BCUT2D eigenvalue weighted by Gasteiger charge is 2.18. The van der Waals surface area contributed by atoms with Crippen LogP contribution in [0.15, 0.2) is 76.5 Å². The topological polar surface area (TPSA) is 116 Å². The summed E-state index contributed by atoms with van der Waals surface area (Å²) in [5, 5.41) is 9.24. The van der Waals surface area contributed by atoms with E-state index in [1.54, 1.807) is 25.1 Å². The lowest BCUT2D eigenvalue weighted by Gasteiger charge is -2.12. The molecule has 0 unspecified atom stereocenters. The number of nitrogens with zero attached hydrogens (tertiary/aromatic N) is 1. The van der Waals surface area contributed by atoms with Gasteiger partial charge in [0.25, 0.3) is 20.0 Å². The summed E-state index contributed by atoms with van der Waals surface area (Å²) in [4.78, 5) is -0.0560. The molecule has 3 rings (SSSR count). The first-order chi connectivity index (χ1) is 14.1. The van der Waals surface area contributed by atoms with E-state index < -0.39 is 20.0 Å². The Morgan fingerprint density at radius 2 is 1.33 bits per heavy atom. The summed E-state index contributed by atoms with van der Waals surface area (Å²) in [6.07, 6.45) is 0. The number of hydrogen-bond donors (Lipinski definition) is 2. The standard InChI is InChI=1S/C20H16ClN3O4S2/c1-14-19(21)3-2-4-20(14)24-30(27,28)18-11-7-16(8-12-18)23-29(25,26)17-9-5-15(13-22)6-10-17/h2-12,23-24H,1H3.